The van der Waals surface area contributed by atoms with Crippen molar-refractivity contribution in [1.82, 2.24) is 4.31 Å². The van der Waals surface area contributed by atoms with Crippen LogP contribution in [-0.2, 0) is 14.8 Å². The van der Waals surface area contributed by atoms with E-state index in [2.05, 4.69) is 0 Å². The summed E-state index contributed by atoms with van der Waals surface area (Å²) < 4.78 is 32.5. The lowest BCUT2D eigenvalue weighted by Crippen LogP contribution is -2.44. The second-order valence-corrected chi connectivity index (χ2v) is 7.75. The molecule has 1 aliphatic rings. The summed E-state index contributed by atoms with van der Waals surface area (Å²) in [5.41, 5.74) is 0.781. The van der Waals surface area contributed by atoms with Gasteiger partial charge >= 0.3 is 5.97 Å². The van der Waals surface area contributed by atoms with Crippen molar-refractivity contribution >= 4 is 16.0 Å². The zero-order valence-corrected chi connectivity index (χ0v) is 14.3. The van der Waals surface area contributed by atoms with E-state index in [0.29, 0.717) is 12.8 Å². The van der Waals surface area contributed by atoms with E-state index in [1.165, 1.54) is 13.2 Å². The molecule has 23 heavy (non-hydrogen) atoms. The molecule has 1 fully saturated rings. The fourth-order valence-electron chi connectivity index (χ4n) is 3.02. The molecule has 1 N–H and O–H groups in total. The van der Waals surface area contributed by atoms with Crippen molar-refractivity contribution in [3.05, 3.63) is 23.8 Å². The molecule has 1 aromatic carbocycles. The fraction of sp³-hybridized carbons (Fsp3) is 0.562. The lowest BCUT2D eigenvalue weighted by Gasteiger charge is -2.32. The molecule has 0 radical (unpaired) electrons. The molecule has 0 atom stereocenters. The quantitative estimate of drug-likeness (QED) is 0.859. The number of hydrogen-bond donors (Lipinski definition) is 1. The fourth-order valence-corrected chi connectivity index (χ4v) is 4.90. The molecule has 1 aromatic rings. The predicted octanol–water partition coefficient (Wildman–Crippen LogP) is 2.41. The maximum Gasteiger partial charge on any atom is 0.318 e. The Morgan fingerprint density at radius 2 is 1.96 bits per heavy atom. The Morgan fingerprint density at radius 3 is 2.52 bits per heavy atom. The molecule has 128 valence electrons. The Labute approximate surface area is 137 Å². The molecule has 0 spiro atoms. The number of methoxy groups -OCH3 is 1. The first-order valence-corrected chi connectivity index (χ1v) is 9.18. The van der Waals surface area contributed by atoms with Crippen molar-refractivity contribution in [2.24, 2.45) is 0 Å². The molecule has 0 aromatic heterocycles. The lowest BCUT2D eigenvalue weighted by molar-refractivity contribution is -0.137. The first-order chi connectivity index (χ1) is 10.9. The van der Waals surface area contributed by atoms with Crippen molar-refractivity contribution in [2.45, 2.75) is 50.0 Å². The molecule has 0 unspecified atom stereocenters. The standard InChI is InChI=1S/C16H23NO5S/c1-12-8-9-14(22-2)15(10-12)23(20,21)17(11-16(18)19)13-6-4-3-5-7-13/h8-10,13H,3-7,11H2,1-2H3,(H,18,19). The van der Waals surface area contributed by atoms with Crippen LogP contribution in [0.25, 0.3) is 0 Å². The largest absolute Gasteiger partial charge is 0.495 e. The zero-order valence-electron chi connectivity index (χ0n) is 13.5. The summed E-state index contributed by atoms with van der Waals surface area (Å²) in [5, 5.41) is 9.17. The maximum absolute atomic E-state index is 13.1. The molecule has 6 nitrogen and oxygen atoms in total. The third kappa shape index (κ3) is 4.03. The Bertz CT molecular complexity index is 665. The molecule has 0 amide bonds. The van der Waals surface area contributed by atoms with Gasteiger partial charge in [0.25, 0.3) is 0 Å². The number of sulfonamides is 1. The van der Waals surface area contributed by atoms with E-state index < -0.39 is 22.5 Å². The van der Waals surface area contributed by atoms with Crippen molar-refractivity contribution < 1.29 is 23.1 Å². The molecule has 0 aliphatic heterocycles. The number of carboxylic acids is 1. The Balaban J connectivity index is 2.46. The summed E-state index contributed by atoms with van der Waals surface area (Å²) in [7, 11) is -2.52. The normalized spacial score (nSPS) is 16.5. The highest BCUT2D eigenvalue weighted by atomic mass is 32.2. The van der Waals surface area contributed by atoms with Gasteiger partial charge in [0.2, 0.25) is 10.0 Å². The van der Waals surface area contributed by atoms with Gasteiger partial charge in [-0.05, 0) is 37.5 Å². The highest BCUT2D eigenvalue weighted by Gasteiger charge is 2.35. The number of aryl methyl sites for hydroxylation is 1. The summed E-state index contributed by atoms with van der Waals surface area (Å²) in [4.78, 5) is 11.2. The highest BCUT2D eigenvalue weighted by Crippen LogP contribution is 2.32. The van der Waals surface area contributed by atoms with Crippen LogP contribution in [0.4, 0.5) is 0 Å². The lowest BCUT2D eigenvalue weighted by atomic mass is 9.95. The van der Waals surface area contributed by atoms with E-state index in [9.17, 15) is 13.2 Å². The molecule has 0 heterocycles. The second kappa shape index (κ2) is 7.31. The Hall–Kier alpha value is -1.60. The average Bonchev–Trinajstić information content (AvgIpc) is 2.53. The van der Waals surface area contributed by atoms with Gasteiger partial charge in [0.05, 0.1) is 7.11 Å². The number of ether oxygens (including phenoxy) is 1. The van der Waals surface area contributed by atoms with Crippen LogP contribution < -0.4 is 4.74 Å². The molecular formula is C16H23NO5S. The van der Waals surface area contributed by atoms with Gasteiger partial charge in [-0.1, -0.05) is 25.3 Å². The minimum Gasteiger partial charge on any atom is -0.495 e. The Morgan fingerprint density at radius 1 is 1.30 bits per heavy atom. The summed E-state index contributed by atoms with van der Waals surface area (Å²) in [5.74, 6) is -0.910. The van der Waals surface area contributed by atoms with Crippen molar-refractivity contribution in [1.29, 1.82) is 0 Å². The van der Waals surface area contributed by atoms with Crippen LogP contribution in [0.1, 0.15) is 37.7 Å². The van der Waals surface area contributed by atoms with E-state index in [0.717, 1.165) is 29.1 Å². The van der Waals surface area contributed by atoms with Gasteiger partial charge in [0.15, 0.2) is 0 Å². The van der Waals surface area contributed by atoms with Crippen LogP contribution in [0.2, 0.25) is 0 Å². The number of hydrogen-bond acceptors (Lipinski definition) is 4. The van der Waals surface area contributed by atoms with Crippen molar-refractivity contribution in [3.63, 3.8) is 0 Å². The molecule has 7 heteroatoms. The van der Waals surface area contributed by atoms with Gasteiger partial charge in [0.1, 0.15) is 17.2 Å². The van der Waals surface area contributed by atoms with E-state index in [-0.39, 0.29) is 16.7 Å². The highest BCUT2D eigenvalue weighted by molar-refractivity contribution is 7.89. The minimum atomic E-state index is -3.93. The monoisotopic (exact) mass is 341 g/mol. The summed E-state index contributed by atoms with van der Waals surface area (Å²) in [6.07, 6.45) is 4.29. The molecule has 0 bridgehead atoms. The number of rotatable bonds is 6. The van der Waals surface area contributed by atoms with Crippen molar-refractivity contribution in [2.75, 3.05) is 13.7 Å². The zero-order chi connectivity index (χ0) is 17.0. The van der Waals surface area contributed by atoms with Crippen LogP contribution in [0.5, 0.6) is 5.75 Å². The SMILES string of the molecule is COc1ccc(C)cc1S(=O)(=O)N(CC(=O)O)C1CCCCC1. The van der Waals surface area contributed by atoms with Gasteiger partial charge in [-0.25, -0.2) is 8.42 Å². The number of carbonyl (C=O) groups is 1. The van der Waals surface area contributed by atoms with Crippen LogP contribution in [0.3, 0.4) is 0 Å². The van der Waals surface area contributed by atoms with Gasteiger partial charge in [-0.15, -0.1) is 0 Å². The number of nitrogens with zero attached hydrogens (tertiary/aromatic N) is 1. The van der Waals surface area contributed by atoms with E-state index in [1.54, 1.807) is 19.1 Å². The average molecular weight is 341 g/mol. The topological polar surface area (TPSA) is 83.9 Å². The molecule has 0 saturated heterocycles. The minimum absolute atomic E-state index is 0.0341. The van der Waals surface area contributed by atoms with Crippen LogP contribution >= 0.6 is 0 Å². The van der Waals surface area contributed by atoms with Gasteiger partial charge in [-0.2, -0.15) is 4.31 Å². The van der Waals surface area contributed by atoms with Crippen molar-refractivity contribution in [3.8, 4) is 5.75 Å². The van der Waals surface area contributed by atoms with Crippen LogP contribution in [-0.4, -0.2) is 43.5 Å². The summed E-state index contributed by atoms with van der Waals surface area (Å²) >= 11 is 0. The predicted molar refractivity (Wildman–Crippen MR) is 86.1 cm³/mol. The summed E-state index contributed by atoms with van der Waals surface area (Å²) in [6, 6.07) is 4.63. The third-order valence-electron chi connectivity index (χ3n) is 4.18. The smallest absolute Gasteiger partial charge is 0.318 e. The number of carboxylic acid groups (broad SMARTS) is 1. The first-order valence-electron chi connectivity index (χ1n) is 7.74. The molecular weight excluding hydrogens is 318 g/mol. The van der Waals surface area contributed by atoms with Crippen LogP contribution in [0.15, 0.2) is 23.1 Å². The summed E-state index contributed by atoms with van der Waals surface area (Å²) in [6.45, 7) is 1.27. The Kier molecular flexibility index (Phi) is 5.64. The molecule has 2 rings (SSSR count). The molecule has 1 saturated carbocycles. The number of aliphatic carboxylic acids is 1. The van der Waals surface area contributed by atoms with Crippen LogP contribution in [0, 0.1) is 6.92 Å². The number of benzene rings is 1. The molecule has 1 aliphatic carbocycles. The van der Waals surface area contributed by atoms with Gasteiger partial charge < -0.3 is 9.84 Å². The third-order valence-corrected chi connectivity index (χ3v) is 6.10. The van der Waals surface area contributed by atoms with E-state index in [4.69, 9.17) is 9.84 Å². The van der Waals surface area contributed by atoms with Gasteiger partial charge in [0, 0.05) is 6.04 Å². The maximum atomic E-state index is 13.1. The van der Waals surface area contributed by atoms with Gasteiger partial charge in [-0.3, -0.25) is 4.79 Å². The first kappa shape index (κ1) is 17.7. The second-order valence-electron chi connectivity index (χ2n) is 5.89. The van der Waals surface area contributed by atoms with E-state index >= 15 is 0 Å². The van der Waals surface area contributed by atoms with E-state index in [1.807, 2.05) is 0 Å².